The number of hydrogen-bond acceptors (Lipinski definition) is 6. The summed E-state index contributed by atoms with van der Waals surface area (Å²) >= 11 is 0. The van der Waals surface area contributed by atoms with Gasteiger partial charge in [-0.05, 0) is 18.2 Å². The summed E-state index contributed by atoms with van der Waals surface area (Å²) in [5.41, 5.74) is 1.16. The molecule has 1 saturated heterocycles. The third-order valence-electron chi connectivity index (χ3n) is 4.43. The molecule has 2 aromatic heterocycles. The number of rotatable bonds is 5. The second-order valence-electron chi connectivity index (χ2n) is 6.40. The molecule has 0 aliphatic carbocycles. The Kier molecular flexibility index (Phi) is 5.19. The number of urea groups is 1. The van der Waals surface area contributed by atoms with Gasteiger partial charge in [-0.15, -0.1) is 10.2 Å². The molecule has 1 N–H and O–H groups in total. The zero-order valence-electron chi connectivity index (χ0n) is 15.6. The SMILES string of the molecule is COc1ccc(NC(=O)N2CC(Oc3ccc(-c4ccccc4F)cn3)C2)nn1. The zero-order chi connectivity index (χ0) is 20.2. The number of anilines is 1. The molecule has 0 atom stereocenters. The maximum absolute atomic E-state index is 13.8. The van der Waals surface area contributed by atoms with Crippen molar-refractivity contribution in [1.29, 1.82) is 0 Å². The standard InChI is InChI=1S/C20H18FN5O3/c1-28-19-9-7-17(24-25-19)23-20(27)26-11-14(12-26)29-18-8-6-13(10-22-18)15-4-2-3-5-16(15)21/h2-10,14H,11-12H2,1H3,(H,23,24,27). The van der Waals surface area contributed by atoms with Gasteiger partial charge in [-0.2, -0.15) is 0 Å². The molecule has 4 rings (SSSR count). The van der Waals surface area contributed by atoms with E-state index in [4.69, 9.17) is 9.47 Å². The Morgan fingerprint density at radius 2 is 1.90 bits per heavy atom. The Morgan fingerprint density at radius 3 is 2.55 bits per heavy atom. The fourth-order valence-corrected chi connectivity index (χ4v) is 2.84. The quantitative estimate of drug-likeness (QED) is 0.714. The van der Waals surface area contributed by atoms with Crippen LogP contribution in [-0.2, 0) is 0 Å². The predicted molar refractivity (Wildman–Crippen MR) is 103 cm³/mol. The number of pyridine rings is 1. The second kappa shape index (κ2) is 8.09. The summed E-state index contributed by atoms with van der Waals surface area (Å²) in [5, 5.41) is 10.3. The Balaban J connectivity index is 1.28. The molecule has 0 radical (unpaired) electrons. The van der Waals surface area contributed by atoms with E-state index in [9.17, 15) is 9.18 Å². The number of amides is 2. The maximum atomic E-state index is 13.8. The molecule has 3 aromatic rings. The fraction of sp³-hybridized carbons (Fsp3) is 0.200. The van der Waals surface area contributed by atoms with E-state index in [2.05, 4.69) is 20.5 Å². The Labute approximate surface area is 166 Å². The van der Waals surface area contributed by atoms with Crippen molar-refractivity contribution in [3.63, 3.8) is 0 Å². The molecule has 29 heavy (non-hydrogen) atoms. The van der Waals surface area contributed by atoms with Crippen LogP contribution in [0, 0.1) is 5.82 Å². The minimum absolute atomic E-state index is 0.158. The van der Waals surface area contributed by atoms with E-state index >= 15 is 0 Å². The van der Waals surface area contributed by atoms with E-state index in [1.807, 2.05) is 0 Å². The normalized spacial score (nSPS) is 13.5. The van der Waals surface area contributed by atoms with Crippen molar-refractivity contribution in [3.05, 3.63) is 60.5 Å². The lowest BCUT2D eigenvalue weighted by Gasteiger charge is -2.38. The highest BCUT2D eigenvalue weighted by molar-refractivity contribution is 5.88. The molecule has 0 unspecified atom stereocenters. The van der Waals surface area contributed by atoms with Gasteiger partial charge in [0.25, 0.3) is 0 Å². The van der Waals surface area contributed by atoms with Crippen molar-refractivity contribution in [2.24, 2.45) is 0 Å². The summed E-state index contributed by atoms with van der Waals surface area (Å²) in [6.45, 7) is 0.846. The second-order valence-corrected chi connectivity index (χ2v) is 6.40. The molecule has 1 aliphatic heterocycles. The van der Waals surface area contributed by atoms with Crippen molar-refractivity contribution in [1.82, 2.24) is 20.1 Å². The van der Waals surface area contributed by atoms with E-state index in [0.29, 0.717) is 41.8 Å². The summed E-state index contributed by atoms with van der Waals surface area (Å²) in [6, 6.07) is 12.9. The first-order valence-corrected chi connectivity index (χ1v) is 8.93. The number of ether oxygens (including phenoxy) is 2. The molecule has 1 aromatic carbocycles. The van der Waals surface area contributed by atoms with E-state index in [1.54, 1.807) is 53.6 Å². The summed E-state index contributed by atoms with van der Waals surface area (Å²) in [5.74, 6) is 0.834. The largest absolute Gasteiger partial charge is 0.480 e. The van der Waals surface area contributed by atoms with Crippen LogP contribution >= 0.6 is 0 Å². The van der Waals surface area contributed by atoms with E-state index in [1.165, 1.54) is 13.2 Å². The highest BCUT2D eigenvalue weighted by atomic mass is 19.1. The minimum atomic E-state index is -0.301. The number of nitrogens with one attached hydrogen (secondary N) is 1. The molecular weight excluding hydrogens is 377 g/mol. The van der Waals surface area contributed by atoms with Crippen LogP contribution in [0.2, 0.25) is 0 Å². The molecule has 0 saturated carbocycles. The van der Waals surface area contributed by atoms with Crippen LogP contribution in [0.15, 0.2) is 54.7 Å². The third-order valence-corrected chi connectivity index (χ3v) is 4.43. The summed E-state index contributed by atoms with van der Waals surface area (Å²) in [4.78, 5) is 18.0. The van der Waals surface area contributed by atoms with Gasteiger partial charge in [-0.25, -0.2) is 14.2 Å². The van der Waals surface area contributed by atoms with Gasteiger partial charge in [0.1, 0.15) is 11.9 Å². The molecule has 1 fully saturated rings. The Hall–Kier alpha value is -3.75. The van der Waals surface area contributed by atoms with Crippen molar-refractivity contribution >= 4 is 11.8 Å². The Bertz CT molecular complexity index is 992. The molecule has 2 amide bonds. The molecule has 8 nitrogen and oxygen atoms in total. The number of halogens is 1. The van der Waals surface area contributed by atoms with Crippen molar-refractivity contribution < 1.29 is 18.7 Å². The van der Waals surface area contributed by atoms with E-state index in [-0.39, 0.29) is 18.0 Å². The van der Waals surface area contributed by atoms with Gasteiger partial charge in [0.05, 0.1) is 20.2 Å². The van der Waals surface area contributed by atoms with Gasteiger partial charge in [0.2, 0.25) is 11.8 Å². The zero-order valence-corrected chi connectivity index (χ0v) is 15.6. The lowest BCUT2D eigenvalue weighted by atomic mass is 10.1. The van der Waals surface area contributed by atoms with Gasteiger partial charge in [0, 0.05) is 29.5 Å². The number of aromatic nitrogens is 3. The van der Waals surface area contributed by atoms with Gasteiger partial charge in [-0.3, -0.25) is 5.32 Å². The monoisotopic (exact) mass is 395 g/mol. The Morgan fingerprint density at radius 1 is 1.10 bits per heavy atom. The number of nitrogens with zero attached hydrogens (tertiary/aromatic N) is 4. The van der Waals surface area contributed by atoms with Gasteiger partial charge < -0.3 is 14.4 Å². The van der Waals surface area contributed by atoms with E-state index < -0.39 is 0 Å². The highest BCUT2D eigenvalue weighted by Gasteiger charge is 2.32. The average molecular weight is 395 g/mol. The van der Waals surface area contributed by atoms with Gasteiger partial charge in [0.15, 0.2) is 5.82 Å². The predicted octanol–water partition coefficient (Wildman–Crippen LogP) is 2.98. The summed E-state index contributed by atoms with van der Waals surface area (Å²) < 4.78 is 24.5. The van der Waals surface area contributed by atoms with Gasteiger partial charge >= 0.3 is 6.03 Å². The first-order chi connectivity index (χ1) is 14.1. The van der Waals surface area contributed by atoms with E-state index in [0.717, 1.165) is 0 Å². The van der Waals surface area contributed by atoms with Gasteiger partial charge in [-0.1, -0.05) is 18.2 Å². The number of carbonyl (C=O) groups is 1. The molecule has 1 aliphatic rings. The number of carbonyl (C=O) groups excluding carboxylic acids is 1. The lowest BCUT2D eigenvalue weighted by Crippen LogP contribution is -2.57. The van der Waals surface area contributed by atoms with Crippen LogP contribution in [0.5, 0.6) is 11.8 Å². The minimum Gasteiger partial charge on any atom is -0.480 e. The fourth-order valence-electron chi connectivity index (χ4n) is 2.84. The molecule has 0 bridgehead atoms. The first-order valence-electron chi connectivity index (χ1n) is 8.93. The molecule has 148 valence electrons. The van der Waals surface area contributed by atoms with Crippen LogP contribution in [-0.4, -0.2) is 52.4 Å². The molecule has 0 spiro atoms. The summed E-state index contributed by atoms with van der Waals surface area (Å²) in [7, 11) is 1.49. The van der Waals surface area contributed by atoms with Crippen molar-refractivity contribution in [2.75, 3.05) is 25.5 Å². The molecular formula is C20H18FN5O3. The maximum Gasteiger partial charge on any atom is 0.323 e. The number of hydrogen-bond donors (Lipinski definition) is 1. The molecule has 3 heterocycles. The van der Waals surface area contributed by atoms with Crippen LogP contribution in [0.4, 0.5) is 15.0 Å². The topological polar surface area (TPSA) is 89.5 Å². The van der Waals surface area contributed by atoms with Crippen molar-refractivity contribution in [2.45, 2.75) is 6.10 Å². The lowest BCUT2D eigenvalue weighted by molar-refractivity contribution is 0.0461. The average Bonchev–Trinajstić information content (AvgIpc) is 2.72. The number of benzene rings is 1. The number of likely N-dealkylation sites (tertiary alicyclic amines) is 1. The first kappa shape index (κ1) is 18.6. The third kappa shape index (κ3) is 4.23. The van der Waals surface area contributed by atoms with Crippen LogP contribution in [0.3, 0.4) is 0 Å². The molecule has 9 heteroatoms. The number of methoxy groups -OCH3 is 1. The highest BCUT2D eigenvalue weighted by Crippen LogP contribution is 2.24. The van der Waals surface area contributed by atoms with Crippen LogP contribution in [0.25, 0.3) is 11.1 Å². The smallest absolute Gasteiger partial charge is 0.323 e. The van der Waals surface area contributed by atoms with Crippen LogP contribution < -0.4 is 14.8 Å². The summed E-state index contributed by atoms with van der Waals surface area (Å²) in [6.07, 6.45) is 1.41. The van der Waals surface area contributed by atoms with Crippen LogP contribution in [0.1, 0.15) is 0 Å². The van der Waals surface area contributed by atoms with Crippen molar-refractivity contribution in [3.8, 4) is 22.9 Å².